The number of nitrogens with zero attached hydrogens (tertiary/aromatic N) is 1. The van der Waals surface area contributed by atoms with E-state index < -0.39 is 5.97 Å². The van der Waals surface area contributed by atoms with Crippen LogP contribution in [0.15, 0.2) is 30.3 Å². The first-order chi connectivity index (χ1) is 10.0. The van der Waals surface area contributed by atoms with Gasteiger partial charge in [-0.2, -0.15) is 0 Å². The Hall–Kier alpha value is -1.88. The molecule has 0 aromatic heterocycles. The van der Waals surface area contributed by atoms with Crippen molar-refractivity contribution in [3.63, 3.8) is 0 Å². The zero-order valence-corrected chi connectivity index (χ0v) is 12.6. The van der Waals surface area contributed by atoms with Gasteiger partial charge in [0.1, 0.15) is 0 Å². The van der Waals surface area contributed by atoms with Gasteiger partial charge in [0.05, 0.1) is 12.5 Å². The lowest BCUT2D eigenvalue weighted by molar-refractivity contribution is -0.137. The molecule has 0 aliphatic heterocycles. The Kier molecular flexibility index (Phi) is 7.46. The number of carboxylic acid groups (broad SMARTS) is 1. The number of aliphatic carboxylic acids is 1. The van der Waals surface area contributed by atoms with Gasteiger partial charge in [0.15, 0.2) is 0 Å². The van der Waals surface area contributed by atoms with E-state index in [0.29, 0.717) is 25.1 Å². The van der Waals surface area contributed by atoms with E-state index in [1.807, 2.05) is 19.9 Å². The molecule has 0 aliphatic rings. The maximum atomic E-state index is 12.4. The van der Waals surface area contributed by atoms with Crippen molar-refractivity contribution in [2.45, 2.75) is 32.8 Å². The van der Waals surface area contributed by atoms with Crippen LogP contribution in [-0.4, -0.2) is 47.7 Å². The first-order valence-corrected chi connectivity index (χ1v) is 7.18. The van der Waals surface area contributed by atoms with Crippen LogP contribution >= 0.6 is 0 Å². The van der Waals surface area contributed by atoms with Crippen LogP contribution in [0.4, 0.5) is 0 Å². The van der Waals surface area contributed by atoms with Crippen LogP contribution in [0.5, 0.6) is 0 Å². The molecule has 5 heteroatoms. The van der Waals surface area contributed by atoms with Crippen LogP contribution in [-0.2, 0) is 9.53 Å². The number of amides is 1. The third-order valence-electron chi connectivity index (χ3n) is 2.93. The fourth-order valence-electron chi connectivity index (χ4n) is 1.88. The molecule has 5 nitrogen and oxygen atoms in total. The molecule has 0 bridgehead atoms. The van der Waals surface area contributed by atoms with Gasteiger partial charge < -0.3 is 14.7 Å². The largest absolute Gasteiger partial charge is 0.481 e. The highest BCUT2D eigenvalue weighted by molar-refractivity contribution is 5.94. The molecule has 116 valence electrons. The molecule has 1 amide bonds. The van der Waals surface area contributed by atoms with Gasteiger partial charge in [-0.25, -0.2) is 0 Å². The second-order valence-corrected chi connectivity index (χ2v) is 5.08. The minimum atomic E-state index is -0.903. The summed E-state index contributed by atoms with van der Waals surface area (Å²) >= 11 is 0. The zero-order chi connectivity index (χ0) is 15.7. The summed E-state index contributed by atoms with van der Waals surface area (Å²) in [5.41, 5.74) is 0.577. The summed E-state index contributed by atoms with van der Waals surface area (Å²) in [6.45, 7) is 5.18. The Morgan fingerprint density at radius 1 is 1.19 bits per heavy atom. The lowest BCUT2D eigenvalue weighted by atomic mass is 10.2. The zero-order valence-electron chi connectivity index (χ0n) is 12.6. The van der Waals surface area contributed by atoms with Gasteiger partial charge in [-0.05, 0) is 32.4 Å². The molecule has 0 fully saturated rings. The molecule has 0 heterocycles. The summed E-state index contributed by atoms with van der Waals surface area (Å²) < 4.78 is 5.45. The predicted octanol–water partition coefficient (Wildman–Crippen LogP) is 2.42. The highest BCUT2D eigenvalue weighted by Crippen LogP contribution is 2.07. The Labute approximate surface area is 125 Å². The lowest BCUT2D eigenvalue weighted by Gasteiger charge is -2.22. The highest BCUT2D eigenvalue weighted by atomic mass is 16.5. The van der Waals surface area contributed by atoms with Crippen LogP contribution in [0.1, 0.15) is 37.0 Å². The van der Waals surface area contributed by atoms with E-state index in [1.165, 1.54) is 0 Å². The maximum absolute atomic E-state index is 12.4. The molecule has 0 spiro atoms. The third-order valence-corrected chi connectivity index (χ3v) is 2.93. The molecule has 0 aliphatic carbocycles. The van der Waals surface area contributed by atoms with Crippen LogP contribution in [0.3, 0.4) is 0 Å². The van der Waals surface area contributed by atoms with E-state index >= 15 is 0 Å². The van der Waals surface area contributed by atoms with Gasteiger partial charge in [0, 0.05) is 25.3 Å². The fraction of sp³-hybridized carbons (Fsp3) is 0.500. The Morgan fingerprint density at radius 3 is 2.43 bits per heavy atom. The van der Waals surface area contributed by atoms with Crippen LogP contribution in [0.25, 0.3) is 0 Å². The van der Waals surface area contributed by atoms with Gasteiger partial charge in [-0.15, -0.1) is 0 Å². The van der Waals surface area contributed by atoms with E-state index in [9.17, 15) is 9.59 Å². The van der Waals surface area contributed by atoms with Gasteiger partial charge in [0.25, 0.3) is 5.91 Å². The summed E-state index contributed by atoms with van der Waals surface area (Å²) in [6.07, 6.45) is 0.794. The molecule has 1 rings (SSSR count). The first-order valence-electron chi connectivity index (χ1n) is 7.18. The number of carbonyl (C=O) groups is 2. The fourth-order valence-corrected chi connectivity index (χ4v) is 1.88. The number of ether oxygens (including phenoxy) is 1. The third kappa shape index (κ3) is 6.90. The molecule has 0 radical (unpaired) electrons. The van der Waals surface area contributed by atoms with Crippen LogP contribution in [0.2, 0.25) is 0 Å². The molecule has 1 aromatic rings. The SMILES string of the molecule is CC(C)OCCCN(CCC(=O)O)C(=O)c1ccccc1. The summed E-state index contributed by atoms with van der Waals surface area (Å²) in [4.78, 5) is 24.7. The second kappa shape index (κ2) is 9.13. The average molecular weight is 293 g/mol. The van der Waals surface area contributed by atoms with Crippen molar-refractivity contribution in [3.8, 4) is 0 Å². The molecule has 1 N–H and O–H groups in total. The van der Waals surface area contributed by atoms with Gasteiger partial charge in [-0.1, -0.05) is 18.2 Å². The second-order valence-electron chi connectivity index (χ2n) is 5.08. The van der Waals surface area contributed by atoms with Crippen molar-refractivity contribution in [1.29, 1.82) is 0 Å². The number of carboxylic acids is 1. The highest BCUT2D eigenvalue weighted by Gasteiger charge is 2.16. The van der Waals surface area contributed by atoms with Crippen LogP contribution in [0, 0.1) is 0 Å². The van der Waals surface area contributed by atoms with Crippen molar-refractivity contribution in [2.75, 3.05) is 19.7 Å². The monoisotopic (exact) mass is 293 g/mol. The van der Waals surface area contributed by atoms with E-state index in [2.05, 4.69) is 0 Å². The summed E-state index contributed by atoms with van der Waals surface area (Å²) in [5, 5.41) is 8.80. The van der Waals surface area contributed by atoms with Gasteiger partial charge in [0.2, 0.25) is 0 Å². The molecular weight excluding hydrogens is 270 g/mol. The minimum Gasteiger partial charge on any atom is -0.481 e. The summed E-state index contributed by atoms with van der Waals surface area (Å²) in [6, 6.07) is 8.91. The molecule has 0 saturated heterocycles. The topological polar surface area (TPSA) is 66.8 Å². The standard InChI is InChI=1S/C16H23NO4/c1-13(2)21-12-6-10-17(11-9-15(18)19)16(20)14-7-4-3-5-8-14/h3-5,7-8,13H,6,9-12H2,1-2H3,(H,18,19). The number of rotatable bonds is 9. The Balaban J connectivity index is 2.59. The number of hydrogen-bond acceptors (Lipinski definition) is 3. The van der Waals surface area contributed by atoms with E-state index in [-0.39, 0.29) is 25.0 Å². The Bertz CT molecular complexity index is 445. The molecule has 0 unspecified atom stereocenters. The van der Waals surface area contributed by atoms with Crippen molar-refractivity contribution < 1.29 is 19.4 Å². The van der Waals surface area contributed by atoms with Crippen molar-refractivity contribution in [1.82, 2.24) is 4.90 Å². The average Bonchev–Trinajstić information content (AvgIpc) is 2.46. The van der Waals surface area contributed by atoms with E-state index in [4.69, 9.17) is 9.84 Å². The van der Waals surface area contributed by atoms with Gasteiger partial charge >= 0.3 is 5.97 Å². The predicted molar refractivity (Wildman–Crippen MR) is 80.3 cm³/mol. The number of benzene rings is 1. The summed E-state index contributed by atoms with van der Waals surface area (Å²) in [7, 11) is 0. The molecule has 1 aromatic carbocycles. The maximum Gasteiger partial charge on any atom is 0.305 e. The normalized spacial score (nSPS) is 10.6. The number of carbonyl (C=O) groups excluding carboxylic acids is 1. The molecule has 0 atom stereocenters. The van der Waals surface area contributed by atoms with E-state index in [0.717, 1.165) is 0 Å². The van der Waals surface area contributed by atoms with E-state index in [1.54, 1.807) is 29.2 Å². The van der Waals surface area contributed by atoms with Crippen molar-refractivity contribution in [3.05, 3.63) is 35.9 Å². The minimum absolute atomic E-state index is 0.0520. The summed E-state index contributed by atoms with van der Waals surface area (Å²) in [5.74, 6) is -1.04. The van der Waals surface area contributed by atoms with Crippen molar-refractivity contribution in [2.24, 2.45) is 0 Å². The molecule has 21 heavy (non-hydrogen) atoms. The first kappa shape index (κ1) is 17.2. The lowest BCUT2D eigenvalue weighted by Crippen LogP contribution is -2.34. The van der Waals surface area contributed by atoms with Crippen LogP contribution < -0.4 is 0 Å². The smallest absolute Gasteiger partial charge is 0.305 e. The van der Waals surface area contributed by atoms with Crippen molar-refractivity contribution >= 4 is 11.9 Å². The van der Waals surface area contributed by atoms with Gasteiger partial charge in [-0.3, -0.25) is 9.59 Å². The molecule has 0 saturated carbocycles. The number of hydrogen-bond donors (Lipinski definition) is 1. The quantitative estimate of drug-likeness (QED) is 0.710. The molecular formula is C16H23NO4. The Morgan fingerprint density at radius 2 is 1.86 bits per heavy atom.